The number of rotatable bonds is 5. The molecule has 0 radical (unpaired) electrons. The highest BCUT2D eigenvalue weighted by atomic mass is 16.5. The Morgan fingerprint density at radius 3 is 2.25 bits per heavy atom. The summed E-state index contributed by atoms with van der Waals surface area (Å²) in [5.74, 6) is -1.04. The Bertz CT molecular complexity index is 533. The number of ether oxygens (including phenoxy) is 3. The van der Waals surface area contributed by atoms with Crippen molar-refractivity contribution in [1.82, 2.24) is 0 Å². The quantitative estimate of drug-likeness (QED) is 0.832. The maximum absolute atomic E-state index is 11.6. The zero-order valence-corrected chi connectivity index (χ0v) is 12.1. The van der Waals surface area contributed by atoms with Crippen molar-refractivity contribution in [3.8, 4) is 11.5 Å². The second kappa shape index (κ2) is 5.81. The summed E-state index contributed by atoms with van der Waals surface area (Å²) in [6, 6.07) is 3.00. The van der Waals surface area contributed by atoms with Gasteiger partial charge in [0.15, 0.2) is 17.1 Å². The van der Waals surface area contributed by atoms with Crippen LogP contribution >= 0.6 is 0 Å². The van der Waals surface area contributed by atoms with Crippen molar-refractivity contribution in [2.24, 2.45) is 0 Å². The molecule has 0 aliphatic heterocycles. The van der Waals surface area contributed by atoms with E-state index in [1.165, 1.54) is 40.2 Å². The third-order valence-corrected chi connectivity index (χ3v) is 2.86. The van der Waals surface area contributed by atoms with Crippen LogP contribution in [0.25, 0.3) is 0 Å². The Balaban J connectivity index is 3.27. The van der Waals surface area contributed by atoms with E-state index in [-0.39, 0.29) is 5.75 Å². The molecule has 0 fully saturated rings. The summed E-state index contributed by atoms with van der Waals surface area (Å²) in [6.07, 6.45) is 0. The molecule has 110 valence electrons. The van der Waals surface area contributed by atoms with Gasteiger partial charge in [0.25, 0.3) is 0 Å². The third-order valence-electron chi connectivity index (χ3n) is 2.86. The van der Waals surface area contributed by atoms with Crippen molar-refractivity contribution >= 4 is 11.9 Å². The maximum atomic E-state index is 11.6. The summed E-state index contributed by atoms with van der Waals surface area (Å²) in [7, 11) is 2.70. The van der Waals surface area contributed by atoms with Crippen LogP contribution < -0.4 is 9.47 Å². The van der Waals surface area contributed by atoms with E-state index in [0.717, 1.165) is 0 Å². The van der Waals surface area contributed by atoms with Crippen LogP contribution in [0.3, 0.4) is 0 Å². The lowest BCUT2D eigenvalue weighted by molar-refractivity contribution is -0.152. The van der Waals surface area contributed by atoms with Gasteiger partial charge in [0.05, 0.1) is 19.8 Å². The Kier molecular flexibility index (Phi) is 4.60. The first-order chi connectivity index (χ1) is 9.24. The lowest BCUT2D eigenvalue weighted by Crippen LogP contribution is -2.38. The van der Waals surface area contributed by atoms with Gasteiger partial charge in [-0.2, -0.15) is 0 Å². The minimum absolute atomic E-state index is 0.255. The Morgan fingerprint density at radius 1 is 1.20 bits per heavy atom. The fourth-order valence-corrected chi connectivity index (χ4v) is 1.65. The SMILES string of the molecule is COC(=O)c1ccc(OC(C)(C)C(=O)O)c(OC)c1C. The molecule has 1 aromatic rings. The van der Waals surface area contributed by atoms with Gasteiger partial charge in [0.1, 0.15) is 0 Å². The van der Waals surface area contributed by atoms with Crippen molar-refractivity contribution in [2.45, 2.75) is 26.4 Å². The molecule has 0 spiro atoms. The van der Waals surface area contributed by atoms with Gasteiger partial charge >= 0.3 is 11.9 Å². The van der Waals surface area contributed by atoms with Gasteiger partial charge in [0.2, 0.25) is 0 Å². The summed E-state index contributed by atoms with van der Waals surface area (Å²) in [4.78, 5) is 22.7. The maximum Gasteiger partial charge on any atom is 0.347 e. The molecule has 0 aromatic heterocycles. The minimum Gasteiger partial charge on any atom is -0.493 e. The Hall–Kier alpha value is -2.24. The van der Waals surface area contributed by atoms with Crippen LogP contribution in [0.1, 0.15) is 29.8 Å². The van der Waals surface area contributed by atoms with E-state index in [0.29, 0.717) is 16.9 Å². The number of benzene rings is 1. The van der Waals surface area contributed by atoms with E-state index in [1.54, 1.807) is 6.92 Å². The van der Waals surface area contributed by atoms with Crippen molar-refractivity contribution in [1.29, 1.82) is 0 Å². The van der Waals surface area contributed by atoms with Crippen molar-refractivity contribution in [3.63, 3.8) is 0 Å². The molecule has 0 saturated heterocycles. The van der Waals surface area contributed by atoms with Crippen LogP contribution in [-0.2, 0) is 9.53 Å². The van der Waals surface area contributed by atoms with Gasteiger partial charge in [-0.1, -0.05) is 0 Å². The van der Waals surface area contributed by atoms with E-state index in [9.17, 15) is 9.59 Å². The molecule has 0 saturated carbocycles. The predicted molar refractivity (Wildman–Crippen MR) is 71.4 cm³/mol. The summed E-state index contributed by atoms with van der Waals surface area (Å²) in [5, 5.41) is 9.08. The van der Waals surface area contributed by atoms with Crippen molar-refractivity contribution in [3.05, 3.63) is 23.3 Å². The number of carbonyl (C=O) groups is 2. The highest BCUT2D eigenvalue weighted by Crippen LogP contribution is 2.35. The first-order valence-corrected chi connectivity index (χ1v) is 5.93. The minimum atomic E-state index is -1.41. The molecule has 0 aliphatic carbocycles. The highest BCUT2D eigenvalue weighted by Gasteiger charge is 2.31. The summed E-state index contributed by atoms with van der Waals surface area (Å²) < 4.78 is 15.3. The van der Waals surface area contributed by atoms with Gasteiger partial charge in [-0.3, -0.25) is 0 Å². The first-order valence-electron chi connectivity index (χ1n) is 5.93. The fourth-order valence-electron chi connectivity index (χ4n) is 1.65. The lowest BCUT2D eigenvalue weighted by Gasteiger charge is -2.24. The van der Waals surface area contributed by atoms with Gasteiger partial charge in [-0.05, 0) is 32.9 Å². The van der Waals surface area contributed by atoms with Crippen LogP contribution in [0.5, 0.6) is 11.5 Å². The lowest BCUT2D eigenvalue weighted by atomic mass is 10.1. The highest BCUT2D eigenvalue weighted by molar-refractivity contribution is 5.92. The molecule has 1 aromatic carbocycles. The monoisotopic (exact) mass is 282 g/mol. The topological polar surface area (TPSA) is 82.1 Å². The average molecular weight is 282 g/mol. The molecule has 0 heterocycles. The van der Waals surface area contributed by atoms with Crippen LogP contribution in [0.4, 0.5) is 0 Å². The van der Waals surface area contributed by atoms with Crippen molar-refractivity contribution in [2.75, 3.05) is 14.2 Å². The van der Waals surface area contributed by atoms with E-state index >= 15 is 0 Å². The van der Waals surface area contributed by atoms with Crippen LogP contribution in [0.15, 0.2) is 12.1 Å². The van der Waals surface area contributed by atoms with E-state index in [1.807, 2.05) is 0 Å². The number of hydrogen-bond acceptors (Lipinski definition) is 5. The van der Waals surface area contributed by atoms with Crippen LogP contribution in [0, 0.1) is 6.92 Å². The fraction of sp³-hybridized carbons (Fsp3) is 0.429. The number of aliphatic carboxylic acids is 1. The van der Waals surface area contributed by atoms with E-state index < -0.39 is 17.5 Å². The largest absolute Gasteiger partial charge is 0.493 e. The number of carbonyl (C=O) groups excluding carboxylic acids is 1. The molecule has 20 heavy (non-hydrogen) atoms. The van der Waals surface area contributed by atoms with Gasteiger partial charge in [-0.25, -0.2) is 9.59 Å². The molecular formula is C14H18O6. The third kappa shape index (κ3) is 3.01. The molecule has 0 unspecified atom stereocenters. The number of carboxylic acids is 1. The Morgan fingerprint density at radius 2 is 1.80 bits per heavy atom. The number of methoxy groups -OCH3 is 2. The molecule has 6 heteroatoms. The molecule has 1 N–H and O–H groups in total. The van der Waals surface area contributed by atoms with E-state index in [4.69, 9.17) is 14.6 Å². The van der Waals surface area contributed by atoms with Gasteiger partial charge in [-0.15, -0.1) is 0 Å². The number of esters is 1. The summed E-state index contributed by atoms with van der Waals surface area (Å²) >= 11 is 0. The predicted octanol–water partition coefficient (Wildman–Crippen LogP) is 2.03. The standard InChI is InChI=1S/C14H18O6/c1-8-9(12(15)19-5)6-7-10(11(8)18-4)20-14(2,3)13(16)17/h6-7H,1-5H3,(H,16,17). The first kappa shape index (κ1) is 15.8. The van der Waals surface area contributed by atoms with Crippen LogP contribution in [0.2, 0.25) is 0 Å². The van der Waals surface area contributed by atoms with Crippen molar-refractivity contribution < 1.29 is 28.9 Å². The molecule has 1 rings (SSSR count). The number of hydrogen-bond donors (Lipinski definition) is 1. The molecule has 0 aliphatic rings. The average Bonchev–Trinajstić information content (AvgIpc) is 2.38. The smallest absolute Gasteiger partial charge is 0.347 e. The second-order valence-electron chi connectivity index (χ2n) is 4.68. The van der Waals surface area contributed by atoms with Gasteiger partial charge in [0, 0.05) is 5.56 Å². The summed E-state index contributed by atoms with van der Waals surface area (Å²) in [6.45, 7) is 4.53. The zero-order valence-electron chi connectivity index (χ0n) is 12.1. The molecule has 0 amide bonds. The molecule has 6 nitrogen and oxygen atoms in total. The van der Waals surface area contributed by atoms with E-state index in [2.05, 4.69) is 4.74 Å². The Labute approximate surface area is 117 Å². The van der Waals surface area contributed by atoms with Gasteiger partial charge < -0.3 is 19.3 Å². The normalized spacial score (nSPS) is 10.8. The summed E-state index contributed by atoms with van der Waals surface area (Å²) in [5.41, 5.74) is -0.546. The molecule has 0 atom stereocenters. The second-order valence-corrected chi connectivity index (χ2v) is 4.68. The molecule has 0 bridgehead atoms. The molecular weight excluding hydrogens is 264 g/mol. The van der Waals surface area contributed by atoms with Crippen LogP contribution in [-0.4, -0.2) is 36.9 Å². The zero-order chi connectivity index (χ0) is 15.5. The number of carboxylic acid groups (broad SMARTS) is 1.